The van der Waals surface area contributed by atoms with E-state index in [-0.39, 0.29) is 0 Å². The molecule has 0 aromatic heterocycles. The van der Waals surface area contributed by atoms with Gasteiger partial charge in [0.2, 0.25) is 0 Å². The van der Waals surface area contributed by atoms with Crippen LogP contribution in [0.25, 0.3) is 0 Å². The third kappa shape index (κ3) is 1.59. The molecule has 1 radical (unpaired) electrons. The van der Waals surface area contributed by atoms with E-state index in [9.17, 15) is 0 Å². The summed E-state index contributed by atoms with van der Waals surface area (Å²) in [6.45, 7) is 0. The second-order valence-corrected chi connectivity index (χ2v) is 5.13. The maximum Gasteiger partial charge on any atom is 0.0256 e. The Kier molecular flexibility index (Phi) is 2.50. The van der Waals surface area contributed by atoms with E-state index in [1.165, 1.54) is 44.9 Å². The highest BCUT2D eigenvalue weighted by Gasteiger charge is 2.37. The summed E-state index contributed by atoms with van der Waals surface area (Å²) >= 11 is 0. The number of hydrogen-bond donors (Lipinski definition) is 2. The standard InChI is InChI=1S/C12H21N2/c1-2-6-10-9(5-1)13-11-7-3-4-8-12(11)14-10/h5,9-14H,1-4,6-8H2. The van der Waals surface area contributed by atoms with E-state index >= 15 is 0 Å². The molecule has 3 rings (SSSR count). The van der Waals surface area contributed by atoms with Crippen molar-refractivity contribution in [2.45, 2.75) is 69.1 Å². The van der Waals surface area contributed by atoms with Crippen LogP contribution in [-0.2, 0) is 0 Å². The molecule has 14 heavy (non-hydrogen) atoms. The van der Waals surface area contributed by atoms with Gasteiger partial charge in [0.05, 0.1) is 0 Å². The maximum atomic E-state index is 3.86. The molecular formula is C12H21N2. The molecule has 1 saturated heterocycles. The number of fused-ring (bicyclic) bond motifs is 2. The Hall–Kier alpha value is -0.0800. The number of nitrogens with one attached hydrogen (secondary N) is 2. The predicted octanol–water partition coefficient (Wildman–Crippen LogP) is 1.62. The zero-order valence-corrected chi connectivity index (χ0v) is 8.84. The minimum Gasteiger partial charge on any atom is -0.308 e. The molecule has 0 aromatic rings. The highest BCUT2D eigenvalue weighted by molar-refractivity contribution is 5.06. The van der Waals surface area contributed by atoms with Crippen molar-refractivity contribution in [2.75, 3.05) is 0 Å². The second-order valence-electron chi connectivity index (χ2n) is 5.13. The lowest BCUT2D eigenvalue weighted by Crippen LogP contribution is -2.67. The Labute approximate surface area is 86.8 Å². The fraction of sp³-hybridized carbons (Fsp3) is 0.917. The second kappa shape index (κ2) is 3.82. The predicted molar refractivity (Wildman–Crippen MR) is 58.0 cm³/mol. The minimum absolute atomic E-state index is 0.670. The molecule has 4 atom stereocenters. The van der Waals surface area contributed by atoms with Crippen LogP contribution in [0.4, 0.5) is 0 Å². The third-order valence-electron chi connectivity index (χ3n) is 4.17. The van der Waals surface area contributed by atoms with Gasteiger partial charge in [0, 0.05) is 24.2 Å². The van der Waals surface area contributed by atoms with Crippen molar-refractivity contribution in [1.82, 2.24) is 10.6 Å². The van der Waals surface area contributed by atoms with Gasteiger partial charge in [-0.2, -0.15) is 0 Å². The van der Waals surface area contributed by atoms with Gasteiger partial charge >= 0.3 is 0 Å². The first-order valence-electron chi connectivity index (χ1n) is 6.29. The molecular weight excluding hydrogens is 172 g/mol. The monoisotopic (exact) mass is 193 g/mol. The molecule has 2 aliphatic carbocycles. The Balaban J connectivity index is 1.68. The summed E-state index contributed by atoms with van der Waals surface area (Å²) in [5.41, 5.74) is 0. The van der Waals surface area contributed by atoms with Crippen LogP contribution in [0.3, 0.4) is 0 Å². The molecule has 1 heterocycles. The fourth-order valence-electron chi connectivity index (χ4n) is 3.40. The van der Waals surface area contributed by atoms with Crippen LogP contribution >= 0.6 is 0 Å². The van der Waals surface area contributed by atoms with Crippen LogP contribution in [0, 0.1) is 6.42 Å². The molecule has 3 aliphatic rings. The lowest BCUT2D eigenvalue weighted by Gasteiger charge is -2.47. The molecule has 0 spiro atoms. The third-order valence-corrected chi connectivity index (χ3v) is 4.17. The summed E-state index contributed by atoms with van der Waals surface area (Å²) < 4.78 is 0. The Morgan fingerprint density at radius 1 is 0.786 bits per heavy atom. The summed E-state index contributed by atoms with van der Waals surface area (Å²) in [6.07, 6.45) is 12.2. The Morgan fingerprint density at radius 2 is 1.50 bits per heavy atom. The van der Waals surface area contributed by atoms with Crippen LogP contribution in [-0.4, -0.2) is 24.2 Å². The molecule has 3 fully saturated rings. The van der Waals surface area contributed by atoms with Crippen LogP contribution in [0.2, 0.25) is 0 Å². The van der Waals surface area contributed by atoms with Crippen LogP contribution in [0.15, 0.2) is 0 Å². The quantitative estimate of drug-likeness (QED) is 0.611. The largest absolute Gasteiger partial charge is 0.308 e. The maximum absolute atomic E-state index is 3.86. The summed E-state index contributed by atoms with van der Waals surface area (Å²) in [6, 6.07) is 2.95. The van der Waals surface area contributed by atoms with E-state index < -0.39 is 0 Å². The molecule has 1 aliphatic heterocycles. The summed E-state index contributed by atoms with van der Waals surface area (Å²) in [7, 11) is 0. The van der Waals surface area contributed by atoms with E-state index in [2.05, 4.69) is 17.1 Å². The summed E-state index contributed by atoms with van der Waals surface area (Å²) in [5.74, 6) is 0. The number of hydrogen-bond acceptors (Lipinski definition) is 2. The van der Waals surface area contributed by atoms with Crippen LogP contribution < -0.4 is 10.6 Å². The molecule has 2 saturated carbocycles. The van der Waals surface area contributed by atoms with Gasteiger partial charge in [-0.25, -0.2) is 0 Å². The highest BCUT2D eigenvalue weighted by atomic mass is 15.2. The average Bonchev–Trinajstić information content (AvgIpc) is 2.26. The van der Waals surface area contributed by atoms with Gasteiger partial charge in [0.25, 0.3) is 0 Å². The van der Waals surface area contributed by atoms with Crippen LogP contribution in [0.5, 0.6) is 0 Å². The molecule has 4 unspecified atom stereocenters. The SMILES string of the molecule is [CH]1CCCC2NC3CCCCC3NC12. The van der Waals surface area contributed by atoms with Crippen molar-refractivity contribution in [1.29, 1.82) is 0 Å². The van der Waals surface area contributed by atoms with Crippen molar-refractivity contribution >= 4 is 0 Å². The normalized spacial score (nSPS) is 48.0. The average molecular weight is 193 g/mol. The van der Waals surface area contributed by atoms with Gasteiger partial charge in [0.15, 0.2) is 0 Å². The first-order chi connectivity index (χ1) is 6.93. The first kappa shape index (κ1) is 9.17. The van der Waals surface area contributed by atoms with Crippen molar-refractivity contribution in [2.24, 2.45) is 0 Å². The first-order valence-corrected chi connectivity index (χ1v) is 6.29. The van der Waals surface area contributed by atoms with Gasteiger partial charge in [-0.1, -0.05) is 19.3 Å². The van der Waals surface area contributed by atoms with Gasteiger partial charge in [0.1, 0.15) is 0 Å². The fourth-order valence-corrected chi connectivity index (χ4v) is 3.40. The Morgan fingerprint density at radius 3 is 2.36 bits per heavy atom. The molecule has 2 N–H and O–H groups in total. The summed E-state index contributed by atoms with van der Waals surface area (Å²) in [4.78, 5) is 0. The lowest BCUT2D eigenvalue weighted by molar-refractivity contribution is 0.161. The number of piperazine rings is 1. The lowest BCUT2D eigenvalue weighted by atomic mass is 9.81. The Bertz CT molecular complexity index is 162. The number of rotatable bonds is 0. The van der Waals surface area contributed by atoms with E-state index in [1.807, 2.05) is 0 Å². The van der Waals surface area contributed by atoms with Crippen molar-refractivity contribution in [3.63, 3.8) is 0 Å². The van der Waals surface area contributed by atoms with E-state index in [4.69, 9.17) is 0 Å². The van der Waals surface area contributed by atoms with Crippen LogP contribution in [0.1, 0.15) is 44.9 Å². The zero-order chi connectivity index (χ0) is 9.38. The molecule has 0 amide bonds. The highest BCUT2D eigenvalue weighted by Crippen LogP contribution is 2.28. The van der Waals surface area contributed by atoms with Gasteiger partial charge in [-0.05, 0) is 32.1 Å². The molecule has 0 bridgehead atoms. The van der Waals surface area contributed by atoms with Crippen molar-refractivity contribution in [3.05, 3.63) is 6.42 Å². The topological polar surface area (TPSA) is 24.1 Å². The van der Waals surface area contributed by atoms with E-state index in [0.717, 1.165) is 18.1 Å². The van der Waals surface area contributed by atoms with E-state index in [0.29, 0.717) is 6.04 Å². The smallest absolute Gasteiger partial charge is 0.0256 e. The summed E-state index contributed by atoms with van der Waals surface area (Å²) in [5, 5.41) is 7.70. The molecule has 2 nitrogen and oxygen atoms in total. The van der Waals surface area contributed by atoms with E-state index in [1.54, 1.807) is 0 Å². The van der Waals surface area contributed by atoms with Crippen molar-refractivity contribution in [3.8, 4) is 0 Å². The van der Waals surface area contributed by atoms with Crippen molar-refractivity contribution < 1.29 is 0 Å². The molecule has 2 heteroatoms. The molecule has 79 valence electrons. The minimum atomic E-state index is 0.670. The zero-order valence-electron chi connectivity index (χ0n) is 8.84. The van der Waals surface area contributed by atoms with Gasteiger partial charge in [-0.3, -0.25) is 0 Å². The van der Waals surface area contributed by atoms with Gasteiger partial charge in [-0.15, -0.1) is 0 Å². The molecule has 0 aromatic carbocycles. The van der Waals surface area contributed by atoms with Gasteiger partial charge < -0.3 is 10.6 Å².